The highest BCUT2D eigenvalue weighted by Crippen LogP contribution is 2.41. The summed E-state index contributed by atoms with van der Waals surface area (Å²) in [6.07, 6.45) is 3.84. The molecule has 7 nitrogen and oxygen atoms in total. The van der Waals surface area contributed by atoms with Gasteiger partial charge in [-0.3, -0.25) is 9.88 Å². The van der Waals surface area contributed by atoms with Gasteiger partial charge < -0.3 is 15.3 Å². The van der Waals surface area contributed by atoms with Crippen LogP contribution in [-0.2, 0) is 0 Å². The van der Waals surface area contributed by atoms with Crippen molar-refractivity contribution in [1.29, 1.82) is 0 Å². The summed E-state index contributed by atoms with van der Waals surface area (Å²) < 4.78 is 30.9. The summed E-state index contributed by atoms with van der Waals surface area (Å²) >= 11 is 6.55. The average molecular weight is 573 g/mol. The zero-order chi connectivity index (χ0) is 27.9. The number of fused-ring (bicyclic) bond motifs is 5. The zero-order valence-electron chi connectivity index (χ0n) is 22.2. The molecule has 6 heterocycles. The van der Waals surface area contributed by atoms with Crippen molar-refractivity contribution in [1.82, 2.24) is 25.2 Å². The topological polar surface area (TPSA) is 77.4 Å². The van der Waals surface area contributed by atoms with E-state index in [2.05, 4.69) is 36.9 Å². The Bertz CT molecular complexity index is 1810. The first-order valence-corrected chi connectivity index (χ1v) is 14.5. The molecule has 4 aliphatic heterocycles. The number of alkyl halides is 1. The standard InChI is InChI=1S/C31H27ClF2N6O/c32-24-4-1-3-17-9-21(41)11-22(26(17)24)28-27(34)29-23(14-36-28)30(40-16-19-10-20(40)13-35-19)38-25(37-29)5-7-31-6-2-8-39(31)15-18(33)12-31/h1,3-4,9,11,14,18-20,35,41H,2,6,8,10,12-13,15-16H2/t18-,19+,20+,31-/m1/s1. The number of piperazine rings is 1. The first-order chi connectivity index (χ1) is 19.9. The number of aromatic nitrogens is 3. The summed E-state index contributed by atoms with van der Waals surface area (Å²) in [5.74, 6) is 6.62. The number of phenols is 1. The third kappa shape index (κ3) is 3.96. The van der Waals surface area contributed by atoms with Crippen molar-refractivity contribution in [3.05, 3.63) is 53.2 Å². The number of hydrogen-bond acceptors (Lipinski definition) is 7. The molecule has 4 aliphatic rings. The number of halogens is 3. The number of aromatic hydroxyl groups is 1. The van der Waals surface area contributed by atoms with Crippen LogP contribution in [0.3, 0.4) is 0 Å². The van der Waals surface area contributed by atoms with Crippen molar-refractivity contribution in [3.8, 4) is 28.8 Å². The molecule has 4 atom stereocenters. The maximum Gasteiger partial charge on any atom is 0.207 e. The van der Waals surface area contributed by atoms with Gasteiger partial charge in [0, 0.05) is 60.3 Å². The maximum absolute atomic E-state index is 16.6. The number of benzene rings is 2. The van der Waals surface area contributed by atoms with E-state index in [0.29, 0.717) is 51.6 Å². The van der Waals surface area contributed by atoms with Gasteiger partial charge in [-0.25, -0.2) is 18.7 Å². The molecule has 2 aromatic carbocycles. The van der Waals surface area contributed by atoms with E-state index in [-0.39, 0.29) is 28.8 Å². The van der Waals surface area contributed by atoms with Gasteiger partial charge in [0.05, 0.1) is 10.9 Å². The van der Waals surface area contributed by atoms with Crippen LogP contribution in [0.2, 0.25) is 5.02 Å². The molecule has 0 radical (unpaired) electrons. The minimum atomic E-state index is -0.902. The van der Waals surface area contributed by atoms with Gasteiger partial charge in [-0.1, -0.05) is 29.7 Å². The monoisotopic (exact) mass is 572 g/mol. The van der Waals surface area contributed by atoms with Crippen molar-refractivity contribution in [2.45, 2.75) is 49.5 Å². The summed E-state index contributed by atoms with van der Waals surface area (Å²) in [5.41, 5.74) is 0.00588. The first kappa shape index (κ1) is 25.2. The fraction of sp³-hybridized carbons (Fsp3) is 0.387. The number of nitrogens with one attached hydrogen (secondary N) is 1. The highest BCUT2D eigenvalue weighted by molar-refractivity contribution is 6.36. The van der Waals surface area contributed by atoms with Gasteiger partial charge in [0.25, 0.3) is 0 Å². The van der Waals surface area contributed by atoms with Crippen LogP contribution < -0.4 is 10.2 Å². The van der Waals surface area contributed by atoms with Crippen LogP contribution in [0, 0.1) is 17.7 Å². The Balaban J connectivity index is 1.32. The van der Waals surface area contributed by atoms with Gasteiger partial charge in [-0.15, -0.1) is 0 Å². The molecular weight excluding hydrogens is 546 g/mol. The maximum atomic E-state index is 16.6. The molecule has 208 valence electrons. The predicted molar refractivity (Wildman–Crippen MR) is 154 cm³/mol. The molecule has 0 saturated carbocycles. The van der Waals surface area contributed by atoms with Crippen molar-refractivity contribution < 1.29 is 13.9 Å². The summed E-state index contributed by atoms with van der Waals surface area (Å²) in [5, 5.41) is 16.1. The van der Waals surface area contributed by atoms with Crippen molar-refractivity contribution in [2.75, 3.05) is 31.1 Å². The molecule has 2 N–H and O–H groups in total. The number of phenolic OH excluding ortho intramolecular Hbond substituents is 1. The lowest BCUT2D eigenvalue weighted by Crippen LogP contribution is -2.44. The molecule has 41 heavy (non-hydrogen) atoms. The number of rotatable bonds is 2. The van der Waals surface area contributed by atoms with Gasteiger partial charge >= 0.3 is 0 Å². The summed E-state index contributed by atoms with van der Waals surface area (Å²) in [6.45, 7) is 2.80. The third-order valence-corrected chi connectivity index (χ3v) is 9.48. The summed E-state index contributed by atoms with van der Waals surface area (Å²) in [6, 6.07) is 8.96. The summed E-state index contributed by atoms with van der Waals surface area (Å²) in [7, 11) is 0. The molecule has 2 bridgehead atoms. The van der Waals surface area contributed by atoms with Gasteiger partial charge in [-0.05, 0) is 55.3 Å². The molecule has 4 aromatic rings. The van der Waals surface area contributed by atoms with Crippen molar-refractivity contribution in [3.63, 3.8) is 0 Å². The van der Waals surface area contributed by atoms with Crippen molar-refractivity contribution >= 4 is 39.1 Å². The van der Waals surface area contributed by atoms with E-state index in [1.807, 2.05) is 6.07 Å². The van der Waals surface area contributed by atoms with Crippen LogP contribution in [0.15, 0.2) is 36.5 Å². The Morgan fingerprint density at radius 1 is 1.20 bits per heavy atom. The number of nitrogens with zero attached hydrogens (tertiary/aromatic N) is 5. The van der Waals surface area contributed by atoms with E-state index in [9.17, 15) is 9.50 Å². The lowest BCUT2D eigenvalue weighted by molar-refractivity contribution is 0.255. The fourth-order valence-corrected chi connectivity index (χ4v) is 7.63. The average Bonchev–Trinajstić information content (AvgIpc) is 3.73. The highest BCUT2D eigenvalue weighted by atomic mass is 35.5. The van der Waals surface area contributed by atoms with E-state index < -0.39 is 17.5 Å². The Morgan fingerprint density at radius 2 is 2.10 bits per heavy atom. The summed E-state index contributed by atoms with van der Waals surface area (Å²) in [4.78, 5) is 18.3. The second kappa shape index (κ2) is 9.21. The molecule has 2 aromatic heterocycles. The van der Waals surface area contributed by atoms with Crippen LogP contribution >= 0.6 is 11.6 Å². The van der Waals surface area contributed by atoms with E-state index in [1.165, 1.54) is 6.07 Å². The lowest BCUT2D eigenvalue weighted by atomic mass is 9.94. The molecular formula is C31H27ClF2N6O. The molecule has 4 saturated heterocycles. The van der Waals surface area contributed by atoms with Gasteiger partial charge in [0.1, 0.15) is 28.9 Å². The molecule has 0 spiro atoms. The smallest absolute Gasteiger partial charge is 0.207 e. The first-order valence-electron chi connectivity index (χ1n) is 14.1. The molecule has 0 aliphatic carbocycles. The van der Waals surface area contributed by atoms with Crippen molar-refractivity contribution in [2.24, 2.45) is 0 Å². The van der Waals surface area contributed by atoms with Crippen LogP contribution in [0.5, 0.6) is 5.75 Å². The Hall–Kier alpha value is -3.58. The van der Waals surface area contributed by atoms with Gasteiger partial charge in [-0.2, -0.15) is 0 Å². The largest absolute Gasteiger partial charge is 0.508 e. The molecule has 4 fully saturated rings. The molecule has 0 unspecified atom stereocenters. The van der Waals surface area contributed by atoms with Crippen LogP contribution in [0.25, 0.3) is 32.9 Å². The second-order valence-corrected chi connectivity index (χ2v) is 12.1. The quantitative estimate of drug-likeness (QED) is 0.334. The Labute approximate surface area is 240 Å². The lowest BCUT2D eigenvalue weighted by Gasteiger charge is -2.29. The van der Waals surface area contributed by atoms with Crippen LogP contribution in [0.4, 0.5) is 14.6 Å². The SMILES string of the molecule is Oc1cc(-c2ncc3c(N4C[C@@H]5C[C@H]4CN5)nc(C#C[C@@]45CCCN4C[C@H](F)C5)nc3c2F)c2c(Cl)cccc2c1. The second-order valence-electron chi connectivity index (χ2n) is 11.7. The number of hydrogen-bond donors (Lipinski definition) is 2. The third-order valence-electron chi connectivity index (χ3n) is 9.17. The van der Waals surface area contributed by atoms with E-state index in [4.69, 9.17) is 16.6 Å². The predicted octanol–water partition coefficient (Wildman–Crippen LogP) is 4.82. The fourth-order valence-electron chi connectivity index (χ4n) is 7.34. The van der Waals surface area contributed by atoms with E-state index in [1.54, 1.807) is 24.4 Å². The molecule has 10 heteroatoms. The number of pyridine rings is 1. The molecule has 8 rings (SSSR count). The zero-order valence-corrected chi connectivity index (χ0v) is 22.9. The van der Waals surface area contributed by atoms with Crippen LogP contribution in [-0.4, -0.2) is 74.9 Å². The van der Waals surface area contributed by atoms with Crippen LogP contribution in [0.1, 0.15) is 31.5 Å². The highest BCUT2D eigenvalue weighted by Gasteiger charge is 2.47. The Kier molecular flexibility index (Phi) is 5.65. The van der Waals surface area contributed by atoms with Gasteiger partial charge in [0.15, 0.2) is 5.82 Å². The normalized spacial score (nSPS) is 27.1. The minimum absolute atomic E-state index is 0.0188. The van der Waals surface area contributed by atoms with E-state index >= 15 is 4.39 Å². The van der Waals surface area contributed by atoms with Gasteiger partial charge in [0.2, 0.25) is 5.82 Å². The Morgan fingerprint density at radius 3 is 2.93 bits per heavy atom. The molecule has 0 amide bonds. The minimum Gasteiger partial charge on any atom is -0.508 e. The number of anilines is 1. The van der Waals surface area contributed by atoms with E-state index in [0.717, 1.165) is 38.9 Å².